The Labute approximate surface area is 150 Å². The molecular formula is C19H18ClN3O2. The molecule has 0 atom stereocenters. The molecule has 0 N–H and O–H groups in total. The second-order valence-electron chi connectivity index (χ2n) is 6.22. The number of hydrogen-bond donors (Lipinski definition) is 0. The Hall–Kier alpha value is -2.37. The van der Waals surface area contributed by atoms with Crippen LogP contribution >= 0.6 is 11.6 Å². The predicted octanol–water partition coefficient (Wildman–Crippen LogP) is 3.70. The van der Waals surface area contributed by atoms with Crippen LogP contribution in [0.5, 0.6) is 0 Å². The molecule has 0 aliphatic carbocycles. The van der Waals surface area contributed by atoms with Gasteiger partial charge in [0.05, 0.1) is 23.7 Å². The number of furan rings is 1. The number of hydrogen-bond acceptors (Lipinski definition) is 4. The van der Waals surface area contributed by atoms with Crippen LogP contribution in [-0.4, -0.2) is 27.5 Å². The van der Waals surface area contributed by atoms with E-state index in [9.17, 15) is 4.79 Å². The number of benzene rings is 1. The molecule has 0 unspecified atom stereocenters. The third-order valence-electron chi connectivity index (χ3n) is 4.53. The highest BCUT2D eigenvalue weighted by Gasteiger charge is 2.17. The minimum absolute atomic E-state index is 0.234. The van der Waals surface area contributed by atoms with Crippen molar-refractivity contribution in [3.63, 3.8) is 0 Å². The van der Waals surface area contributed by atoms with E-state index in [4.69, 9.17) is 16.0 Å². The van der Waals surface area contributed by atoms with Crippen molar-refractivity contribution < 1.29 is 4.42 Å². The summed E-state index contributed by atoms with van der Waals surface area (Å²) < 4.78 is 7.49. The van der Waals surface area contributed by atoms with Crippen molar-refractivity contribution in [3.05, 3.63) is 69.6 Å². The molecule has 4 rings (SSSR count). The Morgan fingerprint density at radius 2 is 2.20 bits per heavy atom. The van der Waals surface area contributed by atoms with Crippen LogP contribution in [0.25, 0.3) is 16.6 Å². The van der Waals surface area contributed by atoms with Crippen molar-refractivity contribution in [1.29, 1.82) is 0 Å². The van der Waals surface area contributed by atoms with Crippen molar-refractivity contribution in [2.75, 3.05) is 13.1 Å². The molecule has 1 aliphatic rings. The largest absolute Gasteiger partial charge is 0.468 e. The Balaban J connectivity index is 1.68. The second-order valence-corrected chi connectivity index (χ2v) is 6.66. The minimum atomic E-state index is -0.234. The zero-order valence-corrected chi connectivity index (χ0v) is 14.7. The number of rotatable bonds is 3. The lowest BCUT2D eigenvalue weighted by Gasteiger charge is -2.27. The molecule has 6 heteroatoms. The zero-order chi connectivity index (χ0) is 17.4. The second kappa shape index (κ2) is 6.50. The third-order valence-corrected chi connectivity index (χ3v) is 4.77. The van der Waals surface area contributed by atoms with Crippen LogP contribution in [0.1, 0.15) is 18.0 Å². The van der Waals surface area contributed by atoms with Crippen LogP contribution in [0.2, 0.25) is 5.02 Å². The summed E-state index contributed by atoms with van der Waals surface area (Å²) >= 11 is 6.05. The zero-order valence-electron chi connectivity index (χ0n) is 13.9. The van der Waals surface area contributed by atoms with E-state index in [0.717, 1.165) is 43.0 Å². The monoisotopic (exact) mass is 355 g/mol. The lowest BCUT2D eigenvalue weighted by atomic mass is 10.1. The van der Waals surface area contributed by atoms with E-state index < -0.39 is 0 Å². The molecule has 0 saturated heterocycles. The van der Waals surface area contributed by atoms with Crippen molar-refractivity contribution >= 4 is 28.2 Å². The fourth-order valence-electron chi connectivity index (χ4n) is 3.34. The predicted molar refractivity (Wildman–Crippen MR) is 98.6 cm³/mol. The standard InChI is InChI=1S/C19H18ClN3O2/c1-13-21-19(24)17-11-14(20)4-5-18(17)23(13)15-6-8-22(9-7-15)12-16-3-2-10-25-16/h2-6,10-11H,7-9,12H2,1H3. The highest BCUT2D eigenvalue weighted by molar-refractivity contribution is 6.31. The maximum Gasteiger partial charge on any atom is 0.280 e. The van der Waals surface area contributed by atoms with Crippen molar-refractivity contribution in [2.24, 2.45) is 0 Å². The van der Waals surface area contributed by atoms with E-state index in [2.05, 4.69) is 20.5 Å². The molecule has 128 valence electrons. The first-order valence-electron chi connectivity index (χ1n) is 8.25. The van der Waals surface area contributed by atoms with E-state index >= 15 is 0 Å². The number of aromatic nitrogens is 2. The van der Waals surface area contributed by atoms with Gasteiger partial charge in [0.2, 0.25) is 0 Å². The summed E-state index contributed by atoms with van der Waals surface area (Å²) in [6.45, 7) is 4.42. The Bertz CT molecular complexity index is 1010. The van der Waals surface area contributed by atoms with Gasteiger partial charge in [-0.15, -0.1) is 0 Å². The van der Waals surface area contributed by atoms with Gasteiger partial charge in [0, 0.05) is 30.2 Å². The summed E-state index contributed by atoms with van der Waals surface area (Å²) in [4.78, 5) is 18.7. The van der Waals surface area contributed by atoms with Crippen molar-refractivity contribution in [1.82, 2.24) is 14.5 Å². The molecule has 3 aromatic rings. The number of halogens is 1. The molecular weight excluding hydrogens is 338 g/mol. The number of nitrogens with zero attached hydrogens (tertiary/aromatic N) is 3. The maximum absolute atomic E-state index is 12.2. The Kier molecular flexibility index (Phi) is 4.19. The third kappa shape index (κ3) is 3.13. The average molecular weight is 356 g/mol. The van der Waals surface area contributed by atoms with Gasteiger partial charge in [0.15, 0.2) is 0 Å². The molecule has 0 radical (unpaired) electrons. The molecule has 0 amide bonds. The van der Waals surface area contributed by atoms with Gasteiger partial charge >= 0.3 is 0 Å². The van der Waals surface area contributed by atoms with Crippen molar-refractivity contribution in [2.45, 2.75) is 19.9 Å². The molecule has 3 heterocycles. The number of fused-ring (bicyclic) bond motifs is 1. The summed E-state index contributed by atoms with van der Waals surface area (Å²) in [6, 6.07) is 9.30. The summed E-state index contributed by atoms with van der Waals surface area (Å²) in [5, 5.41) is 1.10. The molecule has 5 nitrogen and oxygen atoms in total. The summed E-state index contributed by atoms with van der Waals surface area (Å²) in [5.41, 5.74) is 1.78. The smallest absolute Gasteiger partial charge is 0.280 e. The van der Waals surface area contributed by atoms with Crippen LogP contribution in [0, 0.1) is 6.92 Å². The molecule has 0 fully saturated rings. The first kappa shape index (κ1) is 16.1. The molecule has 0 spiro atoms. The molecule has 0 saturated carbocycles. The fourth-order valence-corrected chi connectivity index (χ4v) is 3.51. The normalized spacial score (nSPS) is 15.5. The average Bonchev–Trinajstić information content (AvgIpc) is 3.10. The summed E-state index contributed by atoms with van der Waals surface area (Å²) in [5.74, 6) is 1.67. The molecule has 2 aromatic heterocycles. The van der Waals surface area contributed by atoms with Crippen LogP contribution in [0.4, 0.5) is 0 Å². The van der Waals surface area contributed by atoms with E-state index in [1.54, 1.807) is 12.3 Å². The van der Waals surface area contributed by atoms with Gasteiger partial charge in [-0.3, -0.25) is 9.69 Å². The van der Waals surface area contributed by atoms with Crippen LogP contribution in [-0.2, 0) is 6.54 Å². The first-order valence-corrected chi connectivity index (χ1v) is 8.63. The van der Waals surface area contributed by atoms with Gasteiger partial charge in [-0.05, 0) is 37.3 Å². The lowest BCUT2D eigenvalue weighted by Crippen LogP contribution is -2.29. The highest BCUT2D eigenvalue weighted by Crippen LogP contribution is 2.24. The van der Waals surface area contributed by atoms with E-state index in [1.165, 1.54) is 0 Å². The van der Waals surface area contributed by atoms with Crippen LogP contribution in [0.3, 0.4) is 0 Å². The van der Waals surface area contributed by atoms with Gasteiger partial charge in [0.1, 0.15) is 11.6 Å². The van der Waals surface area contributed by atoms with Gasteiger partial charge in [0.25, 0.3) is 5.56 Å². The summed E-state index contributed by atoms with van der Waals surface area (Å²) in [7, 11) is 0. The van der Waals surface area contributed by atoms with Crippen molar-refractivity contribution in [3.8, 4) is 0 Å². The Morgan fingerprint density at radius 3 is 2.92 bits per heavy atom. The van der Waals surface area contributed by atoms with E-state index in [1.807, 2.05) is 31.2 Å². The lowest BCUT2D eigenvalue weighted by molar-refractivity contribution is 0.265. The quantitative estimate of drug-likeness (QED) is 0.719. The highest BCUT2D eigenvalue weighted by atomic mass is 35.5. The Morgan fingerprint density at radius 1 is 1.32 bits per heavy atom. The van der Waals surface area contributed by atoms with Crippen LogP contribution in [0.15, 0.2) is 51.9 Å². The van der Waals surface area contributed by atoms with E-state index in [-0.39, 0.29) is 5.56 Å². The first-order chi connectivity index (χ1) is 12.1. The molecule has 1 aliphatic heterocycles. The maximum atomic E-state index is 12.2. The number of aryl methyl sites for hydroxylation is 1. The molecule has 25 heavy (non-hydrogen) atoms. The van der Waals surface area contributed by atoms with Gasteiger partial charge in [-0.2, -0.15) is 4.98 Å². The SMILES string of the molecule is Cc1nc(=O)c2cc(Cl)ccc2n1C1=CCN(Cc2ccco2)CC1. The summed E-state index contributed by atoms with van der Waals surface area (Å²) in [6.07, 6.45) is 4.77. The fraction of sp³-hybridized carbons (Fsp3) is 0.263. The minimum Gasteiger partial charge on any atom is -0.468 e. The van der Waals surface area contributed by atoms with Crippen LogP contribution < -0.4 is 5.56 Å². The van der Waals surface area contributed by atoms with Gasteiger partial charge in [-0.25, -0.2) is 0 Å². The molecule has 1 aromatic carbocycles. The van der Waals surface area contributed by atoms with E-state index in [0.29, 0.717) is 16.2 Å². The topological polar surface area (TPSA) is 51.3 Å². The van der Waals surface area contributed by atoms with Gasteiger partial charge < -0.3 is 8.98 Å². The molecule has 0 bridgehead atoms. The van der Waals surface area contributed by atoms with Gasteiger partial charge in [-0.1, -0.05) is 17.7 Å².